The van der Waals surface area contributed by atoms with E-state index in [9.17, 15) is 9.59 Å². The number of aromatic carboxylic acids is 1. The number of hydrogen-bond acceptors (Lipinski definition) is 4. The van der Waals surface area contributed by atoms with Gasteiger partial charge in [0.1, 0.15) is 6.54 Å². The standard InChI is InChI=1S/C11H10N2O4/c1-17-10(14)5-13-6-12-8-4-7(11(15)16)2-3-9(8)13/h2-4,6H,5H2,1H3,(H,15,16). The predicted molar refractivity (Wildman–Crippen MR) is 58.7 cm³/mol. The average molecular weight is 234 g/mol. The first kappa shape index (κ1) is 11.1. The van der Waals surface area contributed by atoms with Crippen LogP contribution in [-0.2, 0) is 16.1 Å². The second-order valence-electron chi connectivity index (χ2n) is 3.46. The van der Waals surface area contributed by atoms with Crippen LogP contribution in [0.3, 0.4) is 0 Å². The molecule has 6 nitrogen and oxygen atoms in total. The number of hydrogen-bond donors (Lipinski definition) is 1. The highest BCUT2D eigenvalue weighted by Crippen LogP contribution is 2.15. The van der Waals surface area contributed by atoms with Crippen LogP contribution in [0.15, 0.2) is 24.5 Å². The zero-order valence-corrected chi connectivity index (χ0v) is 9.08. The Hall–Kier alpha value is -2.37. The number of carbonyl (C=O) groups is 2. The Bertz CT molecular complexity index is 588. The van der Waals surface area contributed by atoms with Gasteiger partial charge in [0.05, 0.1) is 30.0 Å². The van der Waals surface area contributed by atoms with Crippen molar-refractivity contribution in [2.45, 2.75) is 6.54 Å². The Morgan fingerprint density at radius 2 is 2.24 bits per heavy atom. The number of carboxylic acid groups (broad SMARTS) is 1. The van der Waals surface area contributed by atoms with Crippen molar-refractivity contribution in [2.75, 3.05) is 7.11 Å². The normalized spacial score (nSPS) is 10.4. The molecule has 1 aromatic carbocycles. The maximum atomic E-state index is 11.1. The number of carbonyl (C=O) groups excluding carboxylic acids is 1. The van der Waals surface area contributed by atoms with Gasteiger partial charge in [0.2, 0.25) is 0 Å². The molecule has 17 heavy (non-hydrogen) atoms. The molecule has 1 N–H and O–H groups in total. The van der Waals surface area contributed by atoms with Crippen LogP contribution in [0.4, 0.5) is 0 Å². The van der Waals surface area contributed by atoms with E-state index in [1.807, 2.05) is 0 Å². The third kappa shape index (κ3) is 2.10. The number of benzene rings is 1. The van der Waals surface area contributed by atoms with Crippen molar-refractivity contribution in [1.29, 1.82) is 0 Å². The van der Waals surface area contributed by atoms with Gasteiger partial charge < -0.3 is 14.4 Å². The van der Waals surface area contributed by atoms with Gasteiger partial charge in [0.15, 0.2) is 0 Å². The Labute approximate surface area is 96.4 Å². The van der Waals surface area contributed by atoms with Gasteiger partial charge in [0, 0.05) is 0 Å². The molecule has 0 saturated heterocycles. The number of carboxylic acids is 1. The topological polar surface area (TPSA) is 81.4 Å². The van der Waals surface area contributed by atoms with Crippen LogP contribution in [0.1, 0.15) is 10.4 Å². The van der Waals surface area contributed by atoms with Gasteiger partial charge in [-0.15, -0.1) is 0 Å². The summed E-state index contributed by atoms with van der Waals surface area (Å²) < 4.78 is 6.16. The molecule has 1 aromatic heterocycles. The van der Waals surface area contributed by atoms with Crippen LogP contribution in [-0.4, -0.2) is 33.7 Å². The molecule has 88 valence electrons. The maximum Gasteiger partial charge on any atom is 0.335 e. The number of nitrogens with zero attached hydrogens (tertiary/aromatic N) is 2. The molecule has 0 aliphatic heterocycles. The smallest absolute Gasteiger partial charge is 0.335 e. The molecule has 0 atom stereocenters. The molecule has 2 aromatic rings. The van der Waals surface area contributed by atoms with Crippen molar-refractivity contribution in [1.82, 2.24) is 9.55 Å². The largest absolute Gasteiger partial charge is 0.478 e. The molecule has 0 amide bonds. The minimum absolute atomic E-state index is 0.0550. The van der Waals surface area contributed by atoms with Gasteiger partial charge in [-0.05, 0) is 18.2 Å². The first-order chi connectivity index (χ1) is 8.11. The number of aromatic nitrogens is 2. The minimum atomic E-state index is -1.01. The van der Waals surface area contributed by atoms with Crippen molar-refractivity contribution in [3.63, 3.8) is 0 Å². The summed E-state index contributed by atoms with van der Waals surface area (Å²) in [6, 6.07) is 4.56. The molecule has 0 aliphatic rings. The van der Waals surface area contributed by atoms with Crippen molar-refractivity contribution >= 4 is 23.0 Å². The van der Waals surface area contributed by atoms with Crippen molar-refractivity contribution in [3.8, 4) is 0 Å². The lowest BCUT2D eigenvalue weighted by Crippen LogP contribution is -2.10. The maximum absolute atomic E-state index is 11.1. The van der Waals surface area contributed by atoms with Crippen molar-refractivity contribution < 1.29 is 19.4 Å². The summed E-state index contributed by atoms with van der Waals surface area (Å²) in [7, 11) is 1.31. The summed E-state index contributed by atoms with van der Waals surface area (Å²) in [6.07, 6.45) is 1.48. The lowest BCUT2D eigenvalue weighted by Gasteiger charge is -2.02. The van der Waals surface area contributed by atoms with Gasteiger partial charge in [0.25, 0.3) is 0 Å². The molecule has 0 saturated carbocycles. The second kappa shape index (κ2) is 4.25. The minimum Gasteiger partial charge on any atom is -0.478 e. The van der Waals surface area contributed by atoms with E-state index in [1.165, 1.54) is 25.6 Å². The number of esters is 1. The van der Waals surface area contributed by atoms with Crippen LogP contribution >= 0.6 is 0 Å². The Kier molecular flexibility index (Phi) is 2.78. The van der Waals surface area contributed by atoms with Crippen molar-refractivity contribution in [3.05, 3.63) is 30.1 Å². The molecule has 1 heterocycles. The number of rotatable bonds is 3. The van der Waals surface area contributed by atoms with E-state index in [0.717, 1.165) is 0 Å². The summed E-state index contributed by atoms with van der Waals surface area (Å²) in [5, 5.41) is 8.83. The van der Waals surface area contributed by atoms with Gasteiger partial charge in [-0.1, -0.05) is 0 Å². The van der Waals surface area contributed by atoms with E-state index >= 15 is 0 Å². The van der Waals surface area contributed by atoms with E-state index in [4.69, 9.17) is 5.11 Å². The summed E-state index contributed by atoms with van der Waals surface area (Å²) in [5.41, 5.74) is 1.40. The number of ether oxygens (including phenoxy) is 1. The molecule has 0 radical (unpaired) electrons. The zero-order chi connectivity index (χ0) is 12.4. The Morgan fingerprint density at radius 1 is 1.47 bits per heavy atom. The molecule has 0 aliphatic carbocycles. The van der Waals surface area contributed by atoms with E-state index in [2.05, 4.69) is 9.72 Å². The van der Waals surface area contributed by atoms with E-state index in [-0.39, 0.29) is 18.1 Å². The molecular weight excluding hydrogens is 224 g/mol. The molecule has 0 unspecified atom stereocenters. The highest BCUT2D eigenvalue weighted by atomic mass is 16.5. The first-order valence-electron chi connectivity index (χ1n) is 4.87. The van der Waals surface area contributed by atoms with Gasteiger partial charge in [-0.25, -0.2) is 9.78 Å². The second-order valence-corrected chi connectivity index (χ2v) is 3.46. The number of imidazole rings is 1. The fraction of sp³-hybridized carbons (Fsp3) is 0.182. The third-order valence-electron chi connectivity index (χ3n) is 2.40. The lowest BCUT2D eigenvalue weighted by atomic mass is 10.2. The molecule has 0 spiro atoms. The Balaban J connectivity index is 2.41. The summed E-state index contributed by atoms with van der Waals surface area (Å²) >= 11 is 0. The molecule has 2 rings (SSSR count). The monoisotopic (exact) mass is 234 g/mol. The summed E-state index contributed by atoms with van der Waals surface area (Å²) in [6.45, 7) is 0.0550. The highest BCUT2D eigenvalue weighted by Gasteiger charge is 2.09. The number of methoxy groups -OCH3 is 1. The van der Waals surface area contributed by atoms with Crippen LogP contribution in [0, 0.1) is 0 Å². The molecular formula is C11H10N2O4. The first-order valence-corrected chi connectivity index (χ1v) is 4.87. The quantitative estimate of drug-likeness (QED) is 0.798. The van der Waals surface area contributed by atoms with Crippen LogP contribution in [0.25, 0.3) is 11.0 Å². The van der Waals surface area contributed by atoms with Crippen LogP contribution in [0.5, 0.6) is 0 Å². The average Bonchev–Trinajstić information content (AvgIpc) is 2.71. The van der Waals surface area contributed by atoms with E-state index < -0.39 is 5.97 Å². The predicted octanol–water partition coefficient (Wildman–Crippen LogP) is 0.907. The van der Waals surface area contributed by atoms with Gasteiger partial charge in [-0.3, -0.25) is 4.79 Å². The fourth-order valence-electron chi connectivity index (χ4n) is 1.53. The zero-order valence-electron chi connectivity index (χ0n) is 9.08. The third-order valence-corrected chi connectivity index (χ3v) is 2.40. The van der Waals surface area contributed by atoms with Crippen LogP contribution in [0.2, 0.25) is 0 Å². The van der Waals surface area contributed by atoms with E-state index in [1.54, 1.807) is 10.6 Å². The summed E-state index contributed by atoms with van der Waals surface area (Å²) in [4.78, 5) is 25.9. The lowest BCUT2D eigenvalue weighted by molar-refractivity contribution is -0.141. The SMILES string of the molecule is COC(=O)Cn1cnc2cc(C(=O)O)ccc21. The molecule has 0 bridgehead atoms. The van der Waals surface area contributed by atoms with Gasteiger partial charge in [-0.2, -0.15) is 0 Å². The highest BCUT2D eigenvalue weighted by molar-refractivity contribution is 5.92. The number of fused-ring (bicyclic) bond motifs is 1. The van der Waals surface area contributed by atoms with E-state index in [0.29, 0.717) is 11.0 Å². The molecule has 6 heteroatoms. The van der Waals surface area contributed by atoms with Crippen molar-refractivity contribution in [2.24, 2.45) is 0 Å². The van der Waals surface area contributed by atoms with Crippen LogP contribution < -0.4 is 0 Å². The fourth-order valence-corrected chi connectivity index (χ4v) is 1.53. The summed E-state index contributed by atoms with van der Waals surface area (Å²) in [5.74, 6) is -1.39. The Morgan fingerprint density at radius 3 is 2.88 bits per heavy atom. The van der Waals surface area contributed by atoms with Gasteiger partial charge >= 0.3 is 11.9 Å². The molecule has 0 fully saturated rings.